The Morgan fingerprint density at radius 3 is 2.53 bits per heavy atom. The Morgan fingerprint density at radius 2 is 1.82 bits per heavy atom. The number of hydrogen-bond donors (Lipinski definition) is 1. The predicted molar refractivity (Wildman–Crippen MR) is 72.9 cm³/mol. The van der Waals surface area contributed by atoms with Crippen LogP contribution in [-0.2, 0) is 6.54 Å². The first-order valence-corrected chi connectivity index (χ1v) is 6.25. The molecule has 0 aliphatic rings. The van der Waals surface area contributed by atoms with Gasteiger partial charge < -0.3 is 5.32 Å². The maximum atomic E-state index is 13.4. The van der Waals surface area contributed by atoms with Crippen LogP contribution in [0, 0.1) is 5.82 Å². The van der Waals surface area contributed by atoms with Crippen molar-refractivity contribution in [2.75, 3.05) is 5.32 Å². The summed E-state index contributed by atoms with van der Waals surface area (Å²) in [5.41, 5.74) is 1.49. The lowest BCUT2D eigenvalue weighted by Crippen LogP contribution is -2.01. The summed E-state index contributed by atoms with van der Waals surface area (Å²) < 4.78 is 14.4. The highest BCUT2D eigenvalue weighted by Gasteiger charge is 2.02. The van der Waals surface area contributed by atoms with Crippen LogP contribution < -0.4 is 5.32 Å². The van der Waals surface area contributed by atoms with E-state index < -0.39 is 0 Å². The summed E-state index contributed by atoms with van der Waals surface area (Å²) in [4.78, 5) is 0. The van der Waals surface area contributed by atoms with Crippen molar-refractivity contribution in [3.63, 3.8) is 0 Å². The van der Waals surface area contributed by atoms with Crippen LogP contribution in [0.15, 0.2) is 46.9 Å². The Balaban J connectivity index is 2.07. The minimum Gasteiger partial charge on any atom is -0.381 e. The van der Waals surface area contributed by atoms with Gasteiger partial charge in [0.1, 0.15) is 5.82 Å². The molecular formula is C13H10BrClFN. The molecular weight excluding hydrogens is 305 g/mol. The van der Waals surface area contributed by atoms with Gasteiger partial charge in [0, 0.05) is 27.3 Å². The molecule has 0 aliphatic carbocycles. The van der Waals surface area contributed by atoms with Gasteiger partial charge in [0.25, 0.3) is 0 Å². The van der Waals surface area contributed by atoms with Gasteiger partial charge in [-0.05, 0) is 42.5 Å². The third-order valence-electron chi connectivity index (χ3n) is 2.33. The number of halogens is 3. The fraction of sp³-hybridized carbons (Fsp3) is 0.0769. The topological polar surface area (TPSA) is 12.0 Å². The van der Waals surface area contributed by atoms with Crippen molar-refractivity contribution in [3.05, 3.63) is 63.3 Å². The molecule has 0 amide bonds. The average molecular weight is 315 g/mol. The zero-order valence-electron chi connectivity index (χ0n) is 8.88. The summed E-state index contributed by atoms with van der Waals surface area (Å²) in [5.74, 6) is -0.251. The molecule has 0 radical (unpaired) electrons. The van der Waals surface area contributed by atoms with E-state index >= 15 is 0 Å². The van der Waals surface area contributed by atoms with E-state index in [0.717, 1.165) is 10.2 Å². The monoisotopic (exact) mass is 313 g/mol. The van der Waals surface area contributed by atoms with Crippen molar-refractivity contribution in [3.8, 4) is 0 Å². The average Bonchev–Trinajstić information content (AvgIpc) is 2.32. The van der Waals surface area contributed by atoms with E-state index in [9.17, 15) is 4.39 Å². The van der Waals surface area contributed by atoms with Crippen LogP contribution >= 0.6 is 27.5 Å². The van der Waals surface area contributed by atoms with Crippen molar-refractivity contribution in [1.82, 2.24) is 0 Å². The summed E-state index contributed by atoms with van der Waals surface area (Å²) in [6.07, 6.45) is 0. The van der Waals surface area contributed by atoms with Gasteiger partial charge in [0.15, 0.2) is 0 Å². The predicted octanol–water partition coefficient (Wildman–Crippen LogP) is 4.85. The van der Waals surface area contributed by atoms with Gasteiger partial charge in [0.05, 0.1) is 0 Å². The lowest BCUT2D eigenvalue weighted by molar-refractivity contribution is 0.613. The minimum atomic E-state index is -0.251. The largest absolute Gasteiger partial charge is 0.381 e. The zero-order chi connectivity index (χ0) is 12.3. The molecule has 2 rings (SSSR count). The standard InChI is InChI=1S/C13H10BrClFN/c14-10-1-4-12(5-2-10)17-8-9-7-11(15)3-6-13(9)16/h1-7,17H,8H2. The quantitative estimate of drug-likeness (QED) is 0.853. The van der Waals surface area contributed by atoms with Crippen molar-refractivity contribution in [2.24, 2.45) is 0 Å². The van der Waals surface area contributed by atoms with Gasteiger partial charge in [-0.3, -0.25) is 0 Å². The van der Waals surface area contributed by atoms with E-state index in [1.165, 1.54) is 6.07 Å². The molecule has 1 nitrogen and oxygen atoms in total. The zero-order valence-corrected chi connectivity index (χ0v) is 11.2. The molecule has 2 aromatic rings. The second-order valence-corrected chi connectivity index (χ2v) is 4.95. The molecule has 0 aliphatic heterocycles. The van der Waals surface area contributed by atoms with E-state index in [2.05, 4.69) is 21.2 Å². The number of nitrogens with one attached hydrogen (secondary N) is 1. The van der Waals surface area contributed by atoms with Crippen LogP contribution in [0.5, 0.6) is 0 Å². The number of benzene rings is 2. The van der Waals surface area contributed by atoms with Gasteiger partial charge >= 0.3 is 0 Å². The molecule has 0 spiro atoms. The first-order chi connectivity index (χ1) is 8.15. The maximum Gasteiger partial charge on any atom is 0.128 e. The van der Waals surface area contributed by atoms with Crippen molar-refractivity contribution >= 4 is 33.2 Å². The number of hydrogen-bond acceptors (Lipinski definition) is 1. The fourth-order valence-electron chi connectivity index (χ4n) is 1.44. The van der Waals surface area contributed by atoms with E-state index in [1.54, 1.807) is 12.1 Å². The van der Waals surface area contributed by atoms with E-state index in [0.29, 0.717) is 17.1 Å². The van der Waals surface area contributed by atoms with E-state index in [4.69, 9.17) is 11.6 Å². The third kappa shape index (κ3) is 3.45. The van der Waals surface area contributed by atoms with Crippen molar-refractivity contribution in [1.29, 1.82) is 0 Å². The normalized spacial score (nSPS) is 10.3. The van der Waals surface area contributed by atoms with E-state index in [1.807, 2.05) is 24.3 Å². The first-order valence-electron chi connectivity index (χ1n) is 5.08. The van der Waals surface area contributed by atoms with Crippen molar-refractivity contribution in [2.45, 2.75) is 6.54 Å². The number of rotatable bonds is 3. The Morgan fingerprint density at radius 1 is 1.12 bits per heavy atom. The lowest BCUT2D eigenvalue weighted by Gasteiger charge is -2.07. The summed E-state index contributed by atoms with van der Waals surface area (Å²) in [5, 5.41) is 3.68. The summed E-state index contributed by atoms with van der Waals surface area (Å²) >= 11 is 9.18. The summed E-state index contributed by atoms with van der Waals surface area (Å²) in [6.45, 7) is 0.411. The Kier molecular flexibility index (Phi) is 4.02. The smallest absolute Gasteiger partial charge is 0.128 e. The second kappa shape index (κ2) is 5.52. The van der Waals surface area contributed by atoms with Gasteiger partial charge in [-0.1, -0.05) is 27.5 Å². The highest BCUT2D eigenvalue weighted by atomic mass is 79.9. The highest BCUT2D eigenvalue weighted by Crippen LogP contribution is 2.18. The number of anilines is 1. The molecule has 0 aromatic heterocycles. The maximum absolute atomic E-state index is 13.4. The molecule has 17 heavy (non-hydrogen) atoms. The van der Waals surface area contributed by atoms with Crippen LogP contribution in [0.4, 0.5) is 10.1 Å². The summed E-state index contributed by atoms with van der Waals surface area (Å²) in [6, 6.07) is 12.2. The van der Waals surface area contributed by atoms with Crippen LogP contribution in [0.3, 0.4) is 0 Å². The molecule has 4 heteroatoms. The van der Waals surface area contributed by atoms with Crippen LogP contribution in [0.25, 0.3) is 0 Å². The fourth-order valence-corrected chi connectivity index (χ4v) is 1.90. The SMILES string of the molecule is Fc1ccc(Cl)cc1CNc1ccc(Br)cc1. The minimum absolute atomic E-state index is 0.251. The Bertz CT molecular complexity index is 513. The van der Waals surface area contributed by atoms with Gasteiger partial charge in [0.2, 0.25) is 0 Å². The van der Waals surface area contributed by atoms with E-state index in [-0.39, 0.29) is 5.82 Å². The van der Waals surface area contributed by atoms with Gasteiger partial charge in [-0.25, -0.2) is 4.39 Å². The highest BCUT2D eigenvalue weighted by molar-refractivity contribution is 9.10. The Hall–Kier alpha value is -1.06. The molecule has 0 fully saturated rings. The molecule has 88 valence electrons. The summed E-state index contributed by atoms with van der Waals surface area (Å²) in [7, 11) is 0. The molecule has 0 heterocycles. The van der Waals surface area contributed by atoms with Crippen molar-refractivity contribution < 1.29 is 4.39 Å². The Labute approximate surface area is 113 Å². The van der Waals surface area contributed by atoms with Gasteiger partial charge in [-0.2, -0.15) is 0 Å². The first kappa shape index (κ1) is 12.4. The second-order valence-electron chi connectivity index (χ2n) is 3.60. The molecule has 0 saturated heterocycles. The van der Waals surface area contributed by atoms with Crippen LogP contribution in [-0.4, -0.2) is 0 Å². The molecule has 0 bridgehead atoms. The molecule has 0 unspecified atom stereocenters. The molecule has 0 saturated carbocycles. The van der Waals surface area contributed by atoms with Crippen LogP contribution in [0.2, 0.25) is 5.02 Å². The molecule has 0 atom stereocenters. The molecule has 1 N–H and O–H groups in total. The molecule has 2 aromatic carbocycles. The lowest BCUT2D eigenvalue weighted by atomic mass is 10.2. The third-order valence-corrected chi connectivity index (χ3v) is 3.10. The van der Waals surface area contributed by atoms with Gasteiger partial charge in [-0.15, -0.1) is 0 Å². The van der Waals surface area contributed by atoms with Crippen LogP contribution in [0.1, 0.15) is 5.56 Å².